The zero-order valence-electron chi connectivity index (χ0n) is 11.2. The van der Waals surface area contributed by atoms with Gasteiger partial charge < -0.3 is 15.5 Å². The summed E-state index contributed by atoms with van der Waals surface area (Å²) >= 11 is 0. The van der Waals surface area contributed by atoms with E-state index in [4.69, 9.17) is 5.11 Å². The van der Waals surface area contributed by atoms with Gasteiger partial charge in [-0.1, -0.05) is 17.7 Å². The number of carbonyl (C=O) groups is 1. The maximum atomic E-state index is 10.4. The number of nitrogens with one attached hydrogen (secondary N) is 1. The second-order valence-electron chi connectivity index (χ2n) is 4.76. The fourth-order valence-electron chi connectivity index (χ4n) is 2.13. The van der Waals surface area contributed by atoms with Crippen molar-refractivity contribution < 1.29 is 15.0 Å². The number of hydrogen-bond acceptors (Lipinski definition) is 3. The summed E-state index contributed by atoms with van der Waals surface area (Å²) in [7, 11) is 0. The van der Waals surface area contributed by atoms with E-state index in [9.17, 15) is 9.90 Å². The van der Waals surface area contributed by atoms with Crippen molar-refractivity contribution in [3.05, 3.63) is 34.4 Å². The Kier molecular flexibility index (Phi) is 5.31. The van der Waals surface area contributed by atoms with Crippen LogP contribution in [0.2, 0.25) is 0 Å². The number of aliphatic hydroxyl groups is 1. The molecule has 1 aromatic carbocycles. The minimum absolute atomic E-state index is 0.223. The molecule has 0 saturated heterocycles. The second-order valence-corrected chi connectivity index (χ2v) is 4.76. The number of carboxylic acid groups (broad SMARTS) is 1. The van der Waals surface area contributed by atoms with Gasteiger partial charge in [0, 0.05) is 13.1 Å². The lowest BCUT2D eigenvalue weighted by Gasteiger charge is -2.14. The Balaban J connectivity index is 2.52. The van der Waals surface area contributed by atoms with Crippen LogP contribution < -0.4 is 5.32 Å². The van der Waals surface area contributed by atoms with Crippen LogP contribution in [0.15, 0.2) is 12.1 Å². The van der Waals surface area contributed by atoms with Crippen molar-refractivity contribution in [2.75, 3.05) is 6.54 Å². The first-order valence-corrected chi connectivity index (χ1v) is 6.07. The Bertz CT molecular complexity index is 406. The topological polar surface area (TPSA) is 69.6 Å². The lowest BCUT2D eigenvalue weighted by atomic mass is 10.00. The molecule has 100 valence electrons. The molecule has 18 heavy (non-hydrogen) atoms. The summed E-state index contributed by atoms with van der Waals surface area (Å²) in [6, 6.07) is 4.25. The summed E-state index contributed by atoms with van der Waals surface area (Å²) < 4.78 is 0. The Hall–Kier alpha value is -1.39. The number of hydrogen-bond donors (Lipinski definition) is 3. The van der Waals surface area contributed by atoms with Gasteiger partial charge in [0.15, 0.2) is 0 Å². The third-order valence-electron chi connectivity index (χ3n) is 2.93. The summed E-state index contributed by atoms with van der Waals surface area (Å²) in [5, 5.41) is 21.1. The minimum Gasteiger partial charge on any atom is -0.481 e. The molecule has 1 atom stereocenters. The summed E-state index contributed by atoms with van der Waals surface area (Å²) in [4.78, 5) is 10.4. The molecule has 3 N–H and O–H groups in total. The van der Waals surface area contributed by atoms with Crippen molar-refractivity contribution in [1.29, 1.82) is 0 Å². The SMILES string of the molecule is Cc1cc(C)c(CNCC(O)CC(=O)O)c(C)c1. The molecule has 0 spiro atoms. The van der Waals surface area contributed by atoms with Crippen LogP contribution >= 0.6 is 0 Å². The Morgan fingerprint density at radius 1 is 1.28 bits per heavy atom. The molecule has 0 heterocycles. The van der Waals surface area contributed by atoms with E-state index in [1.54, 1.807) is 0 Å². The quantitative estimate of drug-likeness (QED) is 0.717. The summed E-state index contributed by atoms with van der Waals surface area (Å²) in [6.45, 7) is 7.12. The van der Waals surface area contributed by atoms with Crippen LogP contribution in [0, 0.1) is 20.8 Å². The molecule has 4 nitrogen and oxygen atoms in total. The molecule has 0 aliphatic rings. The van der Waals surface area contributed by atoms with Crippen molar-refractivity contribution in [2.24, 2.45) is 0 Å². The molecular formula is C14H21NO3. The molecule has 1 unspecified atom stereocenters. The Morgan fingerprint density at radius 2 is 1.83 bits per heavy atom. The van der Waals surface area contributed by atoms with E-state index in [2.05, 4.69) is 38.2 Å². The largest absolute Gasteiger partial charge is 0.481 e. The van der Waals surface area contributed by atoms with E-state index < -0.39 is 12.1 Å². The summed E-state index contributed by atoms with van der Waals surface area (Å²) in [5.74, 6) is -0.980. The summed E-state index contributed by atoms with van der Waals surface area (Å²) in [6.07, 6.45) is -1.06. The molecule has 1 rings (SSSR count). The fourth-order valence-corrected chi connectivity index (χ4v) is 2.13. The van der Waals surface area contributed by atoms with E-state index in [0.29, 0.717) is 13.1 Å². The van der Waals surface area contributed by atoms with E-state index in [1.165, 1.54) is 22.3 Å². The highest BCUT2D eigenvalue weighted by Crippen LogP contribution is 2.15. The molecule has 0 radical (unpaired) electrons. The maximum absolute atomic E-state index is 10.4. The first kappa shape index (κ1) is 14.7. The number of aryl methyl sites for hydroxylation is 3. The number of aliphatic hydroxyl groups excluding tert-OH is 1. The number of benzene rings is 1. The highest BCUT2D eigenvalue weighted by atomic mass is 16.4. The van der Waals surface area contributed by atoms with Gasteiger partial charge in [-0.2, -0.15) is 0 Å². The standard InChI is InChI=1S/C14H21NO3/c1-9-4-10(2)13(11(3)5-9)8-15-7-12(16)6-14(17)18/h4-5,12,15-16H,6-8H2,1-3H3,(H,17,18). The molecular weight excluding hydrogens is 230 g/mol. The normalized spacial score (nSPS) is 12.4. The van der Waals surface area contributed by atoms with Crippen LogP contribution in [0.3, 0.4) is 0 Å². The first-order chi connectivity index (χ1) is 8.40. The monoisotopic (exact) mass is 251 g/mol. The third-order valence-corrected chi connectivity index (χ3v) is 2.93. The smallest absolute Gasteiger partial charge is 0.306 e. The third kappa shape index (κ3) is 4.47. The van der Waals surface area contributed by atoms with E-state index in [-0.39, 0.29) is 6.42 Å². The molecule has 0 aliphatic carbocycles. The minimum atomic E-state index is -0.980. The van der Waals surface area contributed by atoms with Gasteiger partial charge in [0.05, 0.1) is 12.5 Å². The second kappa shape index (κ2) is 6.52. The van der Waals surface area contributed by atoms with E-state index >= 15 is 0 Å². The maximum Gasteiger partial charge on any atom is 0.306 e. The van der Waals surface area contributed by atoms with Crippen molar-refractivity contribution >= 4 is 5.97 Å². The number of carboxylic acids is 1. The van der Waals surface area contributed by atoms with Crippen LogP contribution in [-0.2, 0) is 11.3 Å². The Labute approximate surface area is 108 Å². The highest BCUT2D eigenvalue weighted by Gasteiger charge is 2.09. The average molecular weight is 251 g/mol. The van der Waals surface area contributed by atoms with Gasteiger partial charge in [-0.05, 0) is 37.5 Å². The van der Waals surface area contributed by atoms with Gasteiger partial charge in [-0.15, -0.1) is 0 Å². The zero-order chi connectivity index (χ0) is 13.7. The van der Waals surface area contributed by atoms with Crippen molar-refractivity contribution in [3.63, 3.8) is 0 Å². The zero-order valence-corrected chi connectivity index (χ0v) is 11.2. The molecule has 0 saturated carbocycles. The molecule has 4 heteroatoms. The molecule has 0 bridgehead atoms. The van der Waals surface area contributed by atoms with Crippen molar-refractivity contribution in [1.82, 2.24) is 5.32 Å². The van der Waals surface area contributed by atoms with Crippen LogP contribution in [0.4, 0.5) is 0 Å². The molecule has 0 aromatic heterocycles. The van der Waals surface area contributed by atoms with Gasteiger partial charge in [0.2, 0.25) is 0 Å². The van der Waals surface area contributed by atoms with Crippen LogP contribution in [0.1, 0.15) is 28.7 Å². The van der Waals surface area contributed by atoms with Crippen molar-refractivity contribution in [3.8, 4) is 0 Å². The molecule has 0 fully saturated rings. The van der Waals surface area contributed by atoms with Gasteiger partial charge in [0.1, 0.15) is 0 Å². The first-order valence-electron chi connectivity index (χ1n) is 6.07. The lowest BCUT2D eigenvalue weighted by molar-refractivity contribution is -0.139. The molecule has 0 aliphatic heterocycles. The van der Waals surface area contributed by atoms with Gasteiger partial charge >= 0.3 is 5.97 Å². The molecule has 0 amide bonds. The van der Waals surface area contributed by atoms with Crippen LogP contribution in [-0.4, -0.2) is 28.8 Å². The van der Waals surface area contributed by atoms with Gasteiger partial charge in [0.25, 0.3) is 0 Å². The van der Waals surface area contributed by atoms with Crippen LogP contribution in [0.25, 0.3) is 0 Å². The predicted octanol–water partition coefficient (Wildman–Crippen LogP) is 1.54. The van der Waals surface area contributed by atoms with E-state index in [1.807, 2.05) is 0 Å². The van der Waals surface area contributed by atoms with Crippen molar-refractivity contribution in [2.45, 2.75) is 39.8 Å². The van der Waals surface area contributed by atoms with E-state index in [0.717, 1.165) is 0 Å². The number of aliphatic carboxylic acids is 1. The number of rotatable bonds is 6. The fraction of sp³-hybridized carbons (Fsp3) is 0.500. The van der Waals surface area contributed by atoms with Gasteiger partial charge in [-0.3, -0.25) is 4.79 Å². The summed E-state index contributed by atoms with van der Waals surface area (Å²) in [5.41, 5.74) is 4.88. The highest BCUT2D eigenvalue weighted by molar-refractivity contribution is 5.67. The Morgan fingerprint density at radius 3 is 2.33 bits per heavy atom. The average Bonchev–Trinajstić information content (AvgIpc) is 2.20. The van der Waals surface area contributed by atoms with Gasteiger partial charge in [-0.25, -0.2) is 0 Å². The predicted molar refractivity (Wildman–Crippen MR) is 70.6 cm³/mol. The molecule has 1 aromatic rings. The lowest BCUT2D eigenvalue weighted by Crippen LogP contribution is -2.28. The van der Waals surface area contributed by atoms with Crippen LogP contribution in [0.5, 0.6) is 0 Å².